The summed E-state index contributed by atoms with van der Waals surface area (Å²) in [6.45, 7) is 10.1. The van der Waals surface area contributed by atoms with Crippen LogP contribution in [0.15, 0.2) is 42.5 Å². The van der Waals surface area contributed by atoms with Gasteiger partial charge in [-0.2, -0.15) is 0 Å². The van der Waals surface area contributed by atoms with Crippen molar-refractivity contribution in [1.29, 1.82) is 0 Å². The van der Waals surface area contributed by atoms with E-state index in [1.54, 1.807) is 19.2 Å². The van der Waals surface area contributed by atoms with Crippen molar-refractivity contribution >= 4 is 33.3 Å². The Labute approximate surface area is 337 Å². The van der Waals surface area contributed by atoms with Gasteiger partial charge in [0.15, 0.2) is 11.6 Å². The highest BCUT2D eigenvalue weighted by Crippen LogP contribution is 2.49. The summed E-state index contributed by atoms with van der Waals surface area (Å²) in [6, 6.07) is 9.95. The van der Waals surface area contributed by atoms with Gasteiger partial charge in [0.2, 0.25) is 10.0 Å². The van der Waals surface area contributed by atoms with Crippen LogP contribution in [-0.4, -0.2) is 132 Å². The predicted octanol–water partition coefficient (Wildman–Crippen LogP) is 4.70. The first kappa shape index (κ1) is 40.0. The molecule has 1 aromatic heterocycles. The normalized spacial score (nSPS) is 34.2. The van der Waals surface area contributed by atoms with Gasteiger partial charge in [0.05, 0.1) is 25.1 Å². The molecule has 2 saturated heterocycles. The number of nitrogens with zero attached hydrogens (tertiary/aromatic N) is 4. The number of fused-ring (bicyclic) bond motifs is 5. The molecule has 56 heavy (non-hydrogen) atoms. The van der Waals surface area contributed by atoms with Gasteiger partial charge in [0.1, 0.15) is 11.3 Å². The van der Waals surface area contributed by atoms with Crippen LogP contribution in [0.25, 0.3) is 0 Å². The molecule has 12 nitrogen and oxygen atoms in total. The Morgan fingerprint density at radius 2 is 1.98 bits per heavy atom. The van der Waals surface area contributed by atoms with Crippen LogP contribution in [0, 0.1) is 17.8 Å². The Morgan fingerprint density at radius 1 is 1.11 bits per heavy atom. The lowest BCUT2D eigenvalue weighted by Gasteiger charge is -2.53. The van der Waals surface area contributed by atoms with E-state index in [4.69, 9.17) is 35.5 Å². The number of anilines is 1. The number of amides is 1. The molecule has 1 saturated carbocycles. The lowest BCUT2D eigenvalue weighted by Crippen LogP contribution is -2.62. The van der Waals surface area contributed by atoms with E-state index in [0.29, 0.717) is 43.7 Å². The molecular formula is C42H58ClN5O7S. The number of aryl methyl sites for hydroxylation is 1. The van der Waals surface area contributed by atoms with Crippen molar-refractivity contribution in [2.24, 2.45) is 17.8 Å². The number of carbonyl (C=O) groups is 1. The smallest absolute Gasteiger partial charge is 0.283 e. The van der Waals surface area contributed by atoms with E-state index in [1.807, 2.05) is 20.1 Å². The summed E-state index contributed by atoms with van der Waals surface area (Å²) in [5.41, 5.74) is 1.61. The highest BCUT2D eigenvalue weighted by Gasteiger charge is 2.50. The fourth-order valence-corrected chi connectivity index (χ4v) is 12.4. The number of rotatable bonds is 6. The first-order valence-corrected chi connectivity index (χ1v) is 22.4. The quantitative estimate of drug-likeness (QED) is 0.409. The van der Waals surface area contributed by atoms with Crippen molar-refractivity contribution < 1.29 is 32.2 Å². The summed E-state index contributed by atoms with van der Waals surface area (Å²) >= 11 is 6.52. The topological polar surface area (TPSA) is 123 Å². The van der Waals surface area contributed by atoms with Crippen LogP contribution >= 0.6 is 11.6 Å². The minimum atomic E-state index is -4.11. The number of halogens is 1. The highest BCUT2D eigenvalue weighted by molar-refractivity contribution is 7.90. The first-order chi connectivity index (χ1) is 27.0. The molecule has 2 aliphatic carbocycles. The summed E-state index contributed by atoms with van der Waals surface area (Å²) in [4.78, 5) is 26.2. The van der Waals surface area contributed by atoms with E-state index < -0.39 is 26.8 Å². The number of sulfonamides is 1. The molecule has 0 unspecified atom stereocenters. The van der Waals surface area contributed by atoms with Crippen LogP contribution in [0.2, 0.25) is 5.02 Å². The molecule has 7 atom stereocenters. The third-order valence-corrected chi connectivity index (χ3v) is 16.0. The SMILES string of the molecule is COCC[C@@H]1[C@@H](C)C/C=C\[C@](CN2CCN3CCOC[C@@H]3C2)(OC)[C@@H]2CC[C@H]2CN2C[C@@]3(CCCc4cc(Cl)ccc43)COc3ccc(nc32)C(=O)NS1(=O)=O. The molecule has 1 spiro atoms. The number of allylic oxidation sites excluding steroid dienone is 1. The number of morpholine rings is 1. The Bertz CT molecular complexity index is 1900. The number of pyridine rings is 1. The van der Waals surface area contributed by atoms with Crippen LogP contribution < -0.4 is 14.4 Å². The number of aromatic nitrogens is 1. The molecule has 2 bridgehead atoms. The molecule has 6 aliphatic rings. The van der Waals surface area contributed by atoms with E-state index in [2.05, 4.69) is 43.7 Å². The van der Waals surface area contributed by atoms with Gasteiger partial charge in [-0.1, -0.05) is 36.7 Å². The summed E-state index contributed by atoms with van der Waals surface area (Å²) < 4.78 is 55.2. The number of ether oxygens (including phenoxy) is 4. The van der Waals surface area contributed by atoms with Crippen LogP contribution in [0.5, 0.6) is 5.75 Å². The van der Waals surface area contributed by atoms with Crippen molar-refractivity contribution in [2.75, 3.05) is 91.4 Å². The fraction of sp³-hybridized carbons (Fsp3) is 0.667. The second-order valence-electron chi connectivity index (χ2n) is 17.1. The van der Waals surface area contributed by atoms with Gasteiger partial charge in [0.25, 0.3) is 5.91 Å². The van der Waals surface area contributed by atoms with Gasteiger partial charge < -0.3 is 23.8 Å². The Morgan fingerprint density at radius 3 is 2.79 bits per heavy atom. The van der Waals surface area contributed by atoms with Crippen LogP contribution in [-0.2, 0) is 36.1 Å². The van der Waals surface area contributed by atoms with Gasteiger partial charge in [-0.25, -0.2) is 18.1 Å². The van der Waals surface area contributed by atoms with Gasteiger partial charge >= 0.3 is 0 Å². The van der Waals surface area contributed by atoms with Crippen molar-refractivity contribution in [2.45, 2.75) is 74.2 Å². The molecule has 306 valence electrons. The number of methoxy groups -OCH3 is 2. The number of hydrogen-bond acceptors (Lipinski definition) is 11. The van der Waals surface area contributed by atoms with Crippen molar-refractivity contribution in [3.63, 3.8) is 0 Å². The van der Waals surface area contributed by atoms with Gasteiger partial charge in [-0.05, 0) is 98.1 Å². The molecule has 8 rings (SSSR count). The number of piperazine rings is 1. The summed E-state index contributed by atoms with van der Waals surface area (Å²) in [7, 11) is -0.714. The van der Waals surface area contributed by atoms with E-state index in [0.717, 1.165) is 83.1 Å². The average Bonchev–Trinajstić information content (AvgIpc) is 3.32. The highest BCUT2D eigenvalue weighted by atomic mass is 35.5. The number of benzene rings is 1. The van der Waals surface area contributed by atoms with Crippen LogP contribution in [0.4, 0.5) is 5.82 Å². The maximum absolute atomic E-state index is 14.0. The van der Waals surface area contributed by atoms with Crippen LogP contribution in [0.3, 0.4) is 0 Å². The molecule has 3 fully saturated rings. The second kappa shape index (κ2) is 16.5. The van der Waals surface area contributed by atoms with Gasteiger partial charge in [-0.15, -0.1) is 0 Å². The third kappa shape index (κ3) is 7.86. The number of carbonyl (C=O) groups excluding carboxylic acids is 1. The lowest BCUT2D eigenvalue weighted by atomic mass is 9.63. The summed E-state index contributed by atoms with van der Waals surface area (Å²) in [5, 5.41) is -0.134. The largest absolute Gasteiger partial charge is 0.489 e. The Balaban J connectivity index is 1.20. The monoisotopic (exact) mass is 811 g/mol. The number of nitrogens with one attached hydrogen (secondary N) is 1. The zero-order valence-electron chi connectivity index (χ0n) is 33.1. The van der Waals surface area contributed by atoms with Crippen molar-refractivity contribution in [3.8, 4) is 5.75 Å². The standard InChI is InChI=1S/C42H58ClN5O7S/c1-29-6-4-16-42(53-3,27-46-17-18-47-19-21-54-25-33(47)24-46)35-10-8-31(35)23-48-26-41(15-5-7-30-22-32(43)9-11-34(30)41)28-55-37-13-12-36(44-39(37)48)40(49)45-56(50,51)38(29)14-20-52-2/h4,9,11-13,16,22,29,31,33,35,38H,5-8,10,14-15,17-21,23-28H2,1-3H3,(H,45,49)/b16-4-/t29-,31-,33-,35+,38+,41-,42+/m0/s1. The molecule has 2 aromatic rings. The first-order valence-electron chi connectivity index (χ1n) is 20.5. The van der Waals surface area contributed by atoms with Gasteiger partial charge in [0, 0.05) is 83.1 Å². The minimum Gasteiger partial charge on any atom is -0.489 e. The molecule has 4 aliphatic heterocycles. The lowest BCUT2D eigenvalue weighted by molar-refractivity contribution is -0.108. The third-order valence-electron chi connectivity index (χ3n) is 13.8. The molecule has 1 N–H and O–H groups in total. The maximum atomic E-state index is 14.0. The van der Waals surface area contributed by atoms with Crippen LogP contribution in [0.1, 0.15) is 67.1 Å². The Kier molecular flexibility index (Phi) is 11.8. The number of hydrogen-bond donors (Lipinski definition) is 1. The van der Waals surface area contributed by atoms with E-state index in [1.165, 1.54) is 11.1 Å². The predicted molar refractivity (Wildman–Crippen MR) is 216 cm³/mol. The molecule has 1 aromatic carbocycles. The molecule has 14 heteroatoms. The molecule has 0 radical (unpaired) electrons. The summed E-state index contributed by atoms with van der Waals surface area (Å²) in [5.74, 6) is 0.592. The Hall–Kier alpha value is -2.78. The molecule has 1 amide bonds. The second-order valence-corrected chi connectivity index (χ2v) is 19.5. The van der Waals surface area contributed by atoms with Crippen molar-refractivity contribution in [1.82, 2.24) is 19.5 Å². The molecule has 5 heterocycles. The van der Waals surface area contributed by atoms with Crippen molar-refractivity contribution in [3.05, 3.63) is 64.3 Å². The minimum absolute atomic E-state index is 0.0417. The van der Waals surface area contributed by atoms with E-state index in [9.17, 15) is 13.2 Å². The zero-order chi connectivity index (χ0) is 39.1. The van der Waals surface area contributed by atoms with E-state index in [-0.39, 0.29) is 41.9 Å². The zero-order valence-corrected chi connectivity index (χ0v) is 34.7. The maximum Gasteiger partial charge on any atom is 0.283 e. The van der Waals surface area contributed by atoms with E-state index >= 15 is 0 Å². The average molecular weight is 812 g/mol. The summed E-state index contributed by atoms with van der Waals surface area (Å²) in [6.07, 6.45) is 10.1. The molecular weight excluding hydrogens is 754 g/mol. The van der Waals surface area contributed by atoms with Gasteiger partial charge in [-0.3, -0.25) is 14.6 Å². The fourth-order valence-electron chi connectivity index (χ4n) is 10.6.